The van der Waals surface area contributed by atoms with Gasteiger partial charge in [-0.15, -0.1) is 0 Å². The molecule has 0 saturated heterocycles. The number of rotatable bonds is 6. The van der Waals surface area contributed by atoms with Crippen molar-refractivity contribution in [2.24, 2.45) is 17.8 Å². The number of esters is 1. The number of hydrogen-bond donors (Lipinski definition) is 1. The number of aromatic hydroxyl groups is 1. The molecule has 4 atom stereocenters. The van der Waals surface area contributed by atoms with E-state index < -0.39 is 6.10 Å². The van der Waals surface area contributed by atoms with Crippen molar-refractivity contribution < 1.29 is 38.3 Å². The van der Waals surface area contributed by atoms with Crippen LogP contribution >= 0.6 is 0 Å². The second-order valence-electron chi connectivity index (χ2n) is 9.31. The number of methoxy groups -OCH3 is 3. The molecule has 0 saturated carbocycles. The van der Waals surface area contributed by atoms with E-state index in [1.807, 2.05) is 19.9 Å². The van der Waals surface area contributed by atoms with Gasteiger partial charge in [-0.25, -0.2) is 0 Å². The average Bonchev–Trinajstić information content (AvgIpc) is 3.34. The third-order valence-electron chi connectivity index (χ3n) is 7.31. The van der Waals surface area contributed by atoms with Crippen LogP contribution in [0.3, 0.4) is 0 Å². The van der Waals surface area contributed by atoms with Crippen LogP contribution in [-0.4, -0.2) is 39.2 Å². The summed E-state index contributed by atoms with van der Waals surface area (Å²) in [6.45, 7) is 7.99. The second-order valence-corrected chi connectivity index (χ2v) is 9.31. The minimum Gasteiger partial charge on any atom is -0.504 e. The highest BCUT2D eigenvalue weighted by atomic mass is 16.7. The Labute approximate surface area is 206 Å². The van der Waals surface area contributed by atoms with Crippen LogP contribution in [0.25, 0.3) is 11.1 Å². The van der Waals surface area contributed by atoms with Crippen molar-refractivity contribution in [3.63, 3.8) is 0 Å². The van der Waals surface area contributed by atoms with E-state index in [1.54, 1.807) is 20.3 Å². The molecule has 1 N–H and O–H groups in total. The zero-order valence-corrected chi connectivity index (χ0v) is 21.4. The Morgan fingerprint density at radius 1 is 1.09 bits per heavy atom. The lowest BCUT2D eigenvalue weighted by atomic mass is 9.75. The molecular formula is C27H34O8. The third-order valence-corrected chi connectivity index (χ3v) is 7.31. The zero-order chi connectivity index (χ0) is 25.4. The van der Waals surface area contributed by atoms with E-state index >= 15 is 0 Å². The van der Waals surface area contributed by atoms with Gasteiger partial charge in [0, 0.05) is 22.6 Å². The van der Waals surface area contributed by atoms with Gasteiger partial charge in [0.15, 0.2) is 23.0 Å². The maximum atomic E-state index is 13.0. The molecule has 0 radical (unpaired) electrons. The van der Waals surface area contributed by atoms with E-state index in [-0.39, 0.29) is 42.0 Å². The first-order valence-corrected chi connectivity index (χ1v) is 11.9. The normalized spacial score (nSPS) is 21.2. The van der Waals surface area contributed by atoms with E-state index in [0.29, 0.717) is 52.5 Å². The Bertz CT molecular complexity index is 1130. The Kier molecular flexibility index (Phi) is 6.92. The standard InChI is InChI=1S/C27H34O8/c1-8-13(2)27(29)35-23-15(4)14(3)9-16-10-18(30-5)25(31-6)26(32-7)20(16)21-17(23)11-19-24(22(21)28)34-12-33-19/h10-11,13-15,23,28H,8-9,12H2,1-7H3/t13?,14-,15-,23-/m1/s1. The number of ether oxygens (including phenoxy) is 6. The highest BCUT2D eigenvalue weighted by Gasteiger charge is 2.40. The molecule has 0 bridgehead atoms. The Hall–Kier alpha value is -3.29. The lowest BCUT2D eigenvalue weighted by Gasteiger charge is -2.35. The van der Waals surface area contributed by atoms with Crippen LogP contribution in [0, 0.1) is 17.8 Å². The summed E-state index contributed by atoms with van der Waals surface area (Å²) in [6.07, 6.45) is 0.688. The average molecular weight is 487 g/mol. The number of carbonyl (C=O) groups is 1. The van der Waals surface area contributed by atoms with Crippen LogP contribution < -0.4 is 23.7 Å². The Morgan fingerprint density at radius 2 is 1.80 bits per heavy atom. The number of fused-ring (bicyclic) bond motifs is 4. The summed E-state index contributed by atoms with van der Waals surface area (Å²) in [4.78, 5) is 13.0. The molecule has 2 aromatic rings. The van der Waals surface area contributed by atoms with Gasteiger partial charge in [-0.3, -0.25) is 4.79 Å². The van der Waals surface area contributed by atoms with Crippen molar-refractivity contribution in [2.45, 2.75) is 46.6 Å². The van der Waals surface area contributed by atoms with E-state index in [4.69, 9.17) is 28.4 Å². The SMILES string of the molecule is CCC(C)C(=O)O[C@H]1c2cc3c(c(O)c2-c2c(cc(OC)c(OC)c2OC)C[C@@H](C)[C@H]1C)OCO3. The molecule has 2 aliphatic rings. The van der Waals surface area contributed by atoms with Crippen molar-refractivity contribution in [1.29, 1.82) is 0 Å². The molecule has 0 fully saturated rings. The van der Waals surface area contributed by atoms with Crippen LogP contribution in [0.1, 0.15) is 51.3 Å². The summed E-state index contributed by atoms with van der Waals surface area (Å²) in [6, 6.07) is 3.72. The number of benzene rings is 2. The maximum Gasteiger partial charge on any atom is 0.309 e. The predicted octanol–water partition coefficient (Wildman–Crippen LogP) is 5.27. The van der Waals surface area contributed by atoms with Crippen molar-refractivity contribution in [2.75, 3.05) is 28.1 Å². The van der Waals surface area contributed by atoms with Gasteiger partial charge in [0.25, 0.3) is 0 Å². The number of phenols is 1. The smallest absolute Gasteiger partial charge is 0.309 e. The highest BCUT2D eigenvalue weighted by molar-refractivity contribution is 5.88. The fourth-order valence-electron chi connectivity index (χ4n) is 4.87. The Balaban J connectivity index is 2.07. The summed E-state index contributed by atoms with van der Waals surface area (Å²) in [7, 11) is 4.66. The lowest BCUT2D eigenvalue weighted by Crippen LogP contribution is -2.28. The van der Waals surface area contributed by atoms with E-state index in [2.05, 4.69) is 13.8 Å². The fourth-order valence-corrected chi connectivity index (χ4v) is 4.87. The second kappa shape index (κ2) is 9.76. The molecule has 8 nitrogen and oxygen atoms in total. The molecule has 2 aromatic carbocycles. The molecule has 1 heterocycles. The lowest BCUT2D eigenvalue weighted by molar-refractivity contribution is -0.157. The third kappa shape index (κ3) is 4.09. The molecule has 0 spiro atoms. The largest absolute Gasteiger partial charge is 0.504 e. The summed E-state index contributed by atoms with van der Waals surface area (Å²) >= 11 is 0. The van der Waals surface area contributed by atoms with Crippen molar-refractivity contribution in [1.82, 2.24) is 0 Å². The molecule has 0 amide bonds. The van der Waals surface area contributed by atoms with Crippen LogP contribution in [0.5, 0.6) is 34.5 Å². The molecule has 190 valence electrons. The van der Waals surface area contributed by atoms with Crippen LogP contribution in [-0.2, 0) is 16.0 Å². The monoisotopic (exact) mass is 486 g/mol. The van der Waals surface area contributed by atoms with Crippen LogP contribution in [0.4, 0.5) is 0 Å². The van der Waals surface area contributed by atoms with Gasteiger partial charge in [0.05, 0.1) is 27.2 Å². The molecule has 1 aliphatic carbocycles. The maximum absolute atomic E-state index is 13.0. The molecule has 0 aromatic heterocycles. The van der Waals surface area contributed by atoms with Crippen LogP contribution in [0.2, 0.25) is 0 Å². The van der Waals surface area contributed by atoms with Gasteiger partial charge in [-0.1, -0.05) is 27.7 Å². The molecule has 8 heteroatoms. The first-order chi connectivity index (χ1) is 16.8. The van der Waals surface area contributed by atoms with Gasteiger partial charge >= 0.3 is 5.97 Å². The summed E-state index contributed by atoms with van der Waals surface area (Å²) in [5, 5.41) is 11.5. The van der Waals surface area contributed by atoms with E-state index in [9.17, 15) is 9.90 Å². The quantitative estimate of drug-likeness (QED) is 0.552. The zero-order valence-electron chi connectivity index (χ0n) is 21.4. The van der Waals surface area contributed by atoms with Crippen LogP contribution in [0.15, 0.2) is 12.1 Å². The van der Waals surface area contributed by atoms with Gasteiger partial charge < -0.3 is 33.5 Å². The van der Waals surface area contributed by atoms with Gasteiger partial charge in [0.2, 0.25) is 18.3 Å². The number of carbonyl (C=O) groups excluding carboxylic acids is 1. The predicted molar refractivity (Wildman–Crippen MR) is 130 cm³/mol. The summed E-state index contributed by atoms with van der Waals surface area (Å²) in [5.41, 5.74) is 2.68. The minimum atomic E-state index is -0.618. The molecule has 35 heavy (non-hydrogen) atoms. The number of phenolic OH excluding ortho intramolecular Hbond substituents is 1. The molecule has 1 aliphatic heterocycles. The van der Waals surface area contributed by atoms with E-state index in [1.165, 1.54) is 7.11 Å². The van der Waals surface area contributed by atoms with Gasteiger partial charge in [0.1, 0.15) is 6.10 Å². The summed E-state index contributed by atoms with van der Waals surface area (Å²) in [5.74, 6) is 1.46. The first kappa shape index (κ1) is 24.8. The molecule has 4 rings (SSSR count). The topological polar surface area (TPSA) is 92.7 Å². The van der Waals surface area contributed by atoms with Crippen molar-refractivity contribution in [3.05, 3.63) is 23.3 Å². The Morgan fingerprint density at radius 3 is 2.43 bits per heavy atom. The van der Waals surface area contributed by atoms with Crippen molar-refractivity contribution in [3.8, 4) is 45.6 Å². The molecule has 1 unspecified atom stereocenters. The minimum absolute atomic E-state index is 0.00894. The first-order valence-electron chi connectivity index (χ1n) is 11.9. The number of hydrogen-bond acceptors (Lipinski definition) is 8. The van der Waals surface area contributed by atoms with Gasteiger partial charge in [-0.05, 0) is 36.5 Å². The summed E-state index contributed by atoms with van der Waals surface area (Å²) < 4.78 is 34.5. The van der Waals surface area contributed by atoms with E-state index in [0.717, 1.165) is 5.56 Å². The van der Waals surface area contributed by atoms with Gasteiger partial charge in [-0.2, -0.15) is 0 Å². The highest BCUT2D eigenvalue weighted by Crippen LogP contribution is 2.58. The fraction of sp³-hybridized carbons (Fsp3) is 0.519. The molecular weight excluding hydrogens is 452 g/mol. The van der Waals surface area contributed by atoms with Crippen molar-refractivity contribution >= 4 is 5.97 Å².